The standard InChI is InChI=1S/C13H15N3O/c1-10-9-12(16-15-10)13(17)14-8-7-11-5-3-2-4-6-11/h2-6,9H,7-8H2,1H3,(H,14,17)(H,15,16). The molecular weight excluding hydrogens is 214 g/mol. The van der Waals surface area contributed by atoms with E-state index in [-0.39, 0.29) is 5.91 Å². The maximum Gasteiger partial charge on any atom is 0.269 e. The number of aryl methyl sites for hydroxylation is 1. The highest BCUT2D eigenvalue weighted by Crippen LogP contribution is 2.00. The van der Waals surface area contributed by atoms with E-state index in [1.807, 2.05) is 37.3 Å². The fourth-order valence-corrected chi connectivity index (χ4v) is 1.60. The highest BCUT2D eigenvalue weighted by atomic mass is 16.1. The van der Waals surface area contributed by atoms with Gasteiger partial charge in [-0.1, -0.05) is 30.3 Å². The lowest BCUT2D eigenvalue weighted by Gasteiger charge is -2.03. The minimum atomic E-state index is -0.110. The van der Waals surface area contributed by atoms with E-state index in [1.165, 1.54) is 5.56 Å². The van der Waals surface area contributed by atoms with Crippen LogP contribution in [0.1, 0.15) is 21.7 Å². The molecule has 0 fully saturated rings. The van der Waals surface area contributed by atoms with Gasteiger partial charge in [-0.25, -0.2) is 0 Å². The van der Waals surface area contributed by atoms with Gasteiger partial charge in [0.05, 0.1) is 5.69 Å². The van der Waals surface area contributed by atoms with E-state index in [0.717, 1.165) is 12.1 Å². The molecule has 0 atom stereocenters. The fraction of sp³-hybridized carbons (Fsp3) is 0.231. The van der Waals surface area contributed by atoms with Crippen molar-refractivity contribution in [3.63, 3.8) is 0 Å². The number of H-pyrrole nitrogens is 1. The molecule has 1 heterocycles. The Morgan fingerprint density at radius 1 is 1.35 bits per heavy atom. The molecule has 0 saturated heterocycles. The van der Waals surface area contributed by atoms with Crippen LogP contribution in [-0.2, 0) is 6.42 Å². The maximum absolute atomic E-state index is 11.7. The number of nitrogens with one attached hydrogen (secondary N) is 2. The average molecular weight is 229 g/mol. The summed E-state index contributed by atoms with van der Waals surface area (Å²) in [5.41, 5.74) is 2.54. The Labute approximate surface area is 100 Å². The summed E-state index contributed by atoms with van der Waals surface area (Å²) in [6.45, 7) is 2.47. The Hall–Kier alpha value is -2.10. The predicted molar refractivity (Wildman–Crippen MR) is 65.8 cm³/mol. The third-order valence-electron chi connectivity index (χ3n) is 2.49. The van der Waals surface area contributed by atoms with E-state index in [2.05, 4.69) is 15.5 Å². The van der Waals surface area contributed by atoms with E-state index in [9.17, 15) is 4.79 Å². The van der Waals surface area contributed by atoms with E-state index in [0.29, 0.717) is 12.2 Å². The van der Waals surface area contributed by atoms with E-state index >= 15 is 0 Å². The number of carbonyl (C=O) groups is 1. The zero-order valence-corrected chi connectivity index (χ0v) is 9.73. The quantitative estimate of drug-likeness (QED) is 0.838. The van der Waals surface area contributed by atoms with Gasteiger partial charge in [-0.2, -0.15) is 5.10 Å². The molecule has 0 spiro atoms. The molecule has 0 unspecified atom stereocenters. The lowest BCUT2D eigenvalue weighted by atomic mass is 10.1. The number of rotatable bonds is 4. The summed E-state index contributed by atoms with van der Waals surface area (Å²) < 4.78 is 0. The van der Waals surface area contributed by atoms with Crippen LogP contribution >= 0.6 is 0 Å². The maximum atomic E-state index is 11.7. The van der Waals surface area contributed by atoms with Gasteiger partial charge >= 0.3 is 0 Å². The van der Waals surface area contributed by atoms with Crippen molar-refractivity contribution in [3.05, 3.63) is 53.3 Å². The van der Waals surface area contributed by atoms with E-state index in [4.69, 9.17) is 0 Å². The van der Waals surface area contributed by atoms with Gasteiger partial charge < -0.3 is 5.32 Å². The van der Waals surface area contributed by atoms with Gasteiger partial charge in [0.15, 0.2) is 0 Å². The largest absolute Gasteiger partial charge is 0.350 e. The second-order valence-electron chi connectivity index (χ2n) is 3.91. The molecule has 1 aromatic heterocycles. The molecule has 2 aromatic rings. The molecule has 0 bridgehead atoms. The lowest BCUT2D eigenvalue weighted by molar-refractivity contribution is 0.0949. The summed E-state index contributed by atoms with van der Waals surface area (Å²) in [5.74, 6) is -0.110. The van der Waals surface area contributed by atoms with Gasteiger partial charge in [-0.3, -0.25) is 9.89 Å². The number of nitrogens with zero attached hydrogens (tertiary/aromatic N) is 1. The first kappa shape index (κ1) is 11.4. The Morgan fingerprint density at radius 2 is 2.12 bits per heavy atom. The van der Waals surface area contributed by atoms with E-state index in [1.54, 1.807) is 6.07 Å². The summed E-state index contributed by atoms with van der Waals surface area (Å²) in [5, 5.41) is 9.46. The first-order valence-electron chi connectivity index (χ1n) is 5.60. The Balaban J connectivity index is 1.81. The lowest BCUT2D eigenvalue weighted by Crippen LogP contribution is -2.25. The third-order valence-corrected chi connectivity index (χ3v) is 2.49. The van der Waals surface area contributed by atoms with Crippen molar-refractivity contribution < 1.29 is 4.79 Å². The van der Waals surface area contributed by atoms with Crippen molar-refractivity contribution in [1.82, 2.24) is 15.5 Å². The van der Waals surface area contributed by atoms with Crippen LogP contribution < -0.4 is 5.32 Å². The van der Waals surface area contributed by atoms with Crippen LogP contribution in [0.4, 0.5) is 0 Å². The summed E-state index contributed by atoms with van der Waals surface area (Å²) >= 11 is 0. The minimum absolute atomic E-state index is 0.110. The van der Waals surface area contributed by atoms with Gasteiger partial charge in [0, 0.05) is 6.54 Å². The summed E-state index contributed by atoms with van der Waals surface area (Å²) in [4.78, 5) is 11.7. The van der Waals surface area contributed by atoms with Crippen molar-refractivity contribution in [3.8, 4) is 0 Å². The molecule has 2 rings (SSSR count). The first-order valence-corrected chi connectivity index (χ1v) is 5.60. The Morgan fingerprint density at radius 3 is 2.76 bits per heavy atom. The van der Waals surface area contributed by atoms with Gasteiger partial charge in [-0.05, 0) is 25.0 Å². The molecule has 0 radical (unpaired) electrons. The van der Waals surface area contributed by atoms with Crippen molar-refractivity contribution in [1.29, 1.82) is 0 Å². The second kappa shape index (κ2) is 5.30. The fourth-order valence-electron chi connectivity index (χ4n) is 1.60. The van der Waals surface area contributed by atoms with Crippen LogP contribution in [0.5, 0.6) is 0 Å². The number of aromatic amines is 1. The number of hydrogen-bond donors (Lipinski definition) is 2. The number of amides is 1. The van der Waals surface area contributed by atoms with Crippen molar-refractivity contribution >= 4 is 5.91 Å². The summed E-state index contributed by atoms with van der Waals surface area (Å²) in [7, 11) is 0. The number of aromatic nitrogens is 2. The molecule has 0 aliphatic carbocycles. The number of hydrogen-bond acceptors (Lipinski definition) is 2. The molecule has 17 heavy (non-hydrogen) atoms. The van der Waals surface area contributed by atoms with Gasteiger partial charge in [0.25, 0.3) is 5.91 Å². The summed E-state index contributed by atoms with van der Waals surface area (Å²) in [6, 6.07) is 11.8. The molecule has 0 saturated carbocycles. The molecule has 1 aromatic carbocycles. The van der Waals surface area contributed by atoms with Crippen LogP contribution in [0.15, 0.2) is 36.4 Å². The van der Waals surface area contributed by atoms with Crippen LogP contribution in [0.2, 0.25) is 0 Å². The van der Waals surface area contributed by atoms with Crippen LogP contribution in [0, 0.1) is 6.92 Å². The molecule has 2 N–H and O–H groups in total. The average Bonchev–Trinajstić information content (AvgIpc) is 2.77. The molecule has 0 aliphatic rings. The monoisotopic (exact) mass is 229 g/mol. The van der Waals surface area contributed by atoms with Crippen molar-refractivity contribution in [2.75, 3.05) is 6.54 Å². The minimum Gasteiger partial charge on any atom is -0.350 e. The highest BCUT2D eigenvalue weighted by molar-refractivity contribution is 5.92. The number of benzene rings is 1. The zero-order chi connectivity index (χ0) is 12.1. The summed E-state index contributed by atoms with van der Waals surface area (Å²) in [6.07, 6.45) is 0.833. The smallest absolute Gasteiger partial charge is 0.269 e. The van der Waals surface area contributed by atoms with E-state index < -0.39 is 0 Å². The second-order valence-corrected chi connectivity index (χ2v) is 3.91. The van der Waals surface area contributed by atoms with Gasteiger partial charge in [-0.15, -0.1) is 0 Å². The zero-order valence-electron chi connectivity index (χ0n) is 9.73. The third kappa shape index (κ3) is 3.17. The first-order chi connectivity index (χ1) is 8.25. The Bertz CT molecular complexity index is 490. The molecule has 4 heteroatoms. The molecule has 0 aliphatic heterocycles. The molecule has 4 nitrogen and oxygen atoms in total. The molecule has 88 valence electrons. The van der Waals surface area contributed by atoms with Crippen LogP contribution in [0.25, 0.3) is 0 Å². The normalized spacial score (nSPS) is 10.2. The van der Waals surface area contributed by atoms with Gasteiger partial charge in [0.2, 0.25) is 0 Å². The van der Waals surface area contributed by atoms with Crippen molar-refractivity contribution in [2.45, 2.75) is 13.3 Å². The van der Waals surface area contributed by atoms with Gasteiger partial charge in [0.1, 0.15) is 5.69 Å². The van der Waals surface area contributed by atoms with Crippen LogP contribution in [-0.4, -0.2) is 22.6 Å². The van der Waals surface area contributed by atoms with Crippen LogP contribution in [0.3, 0.4) is 0 Å². The predicted octanol–water partition coefficient (Wildman–Crippen LogP) is 1.69. The Kier molecular flexibility index (Phi) is 3.55. The molecule has 1 amide bonds. The molecular formula is C13H15N3O. The SMILES string of the molecule is Cc1cc(C(=O)NCCc2ccccc2)[nH]n1. The highest BCUT2D eigenvalue weighted by Gasteiger charge is 2.06. The number of carbonyl (C=O) groups excluding carboxylic acids is 1. The van der Waals surface area contributed by atoms with Crippen molar-refractivity contribution in [2.24, 2.45) is 0 Å². The topological polar surface area (TPSA) is 57.8 Å².